The number of piperidine rings is 2. The molecule has 0 radical (unpaired) electrons. The van der Waals surface area contributed by atoms with Crippen molar-refractivity contribution in [3.8, 4) is 0 Å². The Kier molecular flexibility index (Phi) is 4.22. The van der Waals surface area contributed by atoms with Crippen molar-refractivity contribution in [2.75, 3.05) is 26.2 Å². The molecule has 2 aliphatic rings. The van der Waals surface area contributed by atoms with Crippen LogP contribution in [-0.2, 0) is 4.79 Å². The molecule has 0 N–H and O–H groups in total. The van der Waals surface area contributed by atoms with Gasteiger partial charge in [0.2, 0.25) is 5.91 Å². The first-order valence-corrected chi connectivity index (χ1v) is 6.82. The summed E-state index contributed by atoms with van der Waals surface area (Å²) in [5.41, 5.74) is 0. The molecule has 1 amide bonds. The lowest BCUT2D eigenvalue weighted by Gasteiger charge is -2.36. The Bertz CT molecular complexity index is 230. The molecule has 3 heteroatoms. The van der Waals surface area contributed by atoms with Crippen LogP contribution in [0.25, 0.3) is 0 Å². The van der Waals surface area contributed by atoms with Gasteiger partial charge in [0.15, 0.2) is 0 Å². The molecule has 0 aromatic heterocycles. The van der Waals surface area contributed by atoms with Crippen LogP contribution in [-0.4, -0.2) is 47.9 Å². The molecule has 0 spiro atoms. The quantitative estimate of drug-likeness (QED) is 0.715. The number of nitrogens with zero attached hydrogens (tertiary/aromatic N) is 2. The van der Waals surface area contributed by atoms with Crippen LogP contribution in [0.15, 0.2) is 0 Å². The molecule has 0 bridgehead atoms. The maximum atomic E-state index is 12.3. The van der Waals surface area contributed by atoms with Crippen LogP contribution in [0.5, 0.6) is 0 Å². The van der Waals surface area contributed by atoms with E-state index in [9.17, 15) is 4.79 Å². The molecule has 0 aromatic rings. The maximum Gasteiger partial charge on any atom is 0.239 e. The van der Waals surface area contributed by atoms with Gasteiger partial charge in [-0.1, -0.05) is 6.42 Å². The lowest BCUT2D eigenvalue weighted by Crippen LogP contribution is -2.50. The average Bonchev–Trinajstić information content (AvgIpc) is 2.39. The van der Waals surface area contributed by atoms with Gasteiger partial charge in [-0.15, -0.1) is 0 Å². The Balaban J connectivity index is 1.86. The summed E-state index contributed by atoms with van der Waals surface area (Å²) in [6.45, 7) is 6.28. The van der Waals surface area contributed by atoms with E-state index in [0.29, 0.717) is 5.91 Å². The maximum absolute atomic E-state index is 12.3. The number of carbonyl (C=O) groups is 1. The Hall–Kier alpha value is -0.570. The number of rotatable bonds is 2. The third-order valence-electron chi connectivity index (χ3n) is 3.96. The second-order valence-corrected chi connectivity index (χ2v) is 5.16. The molecule has 3 nitrogen and oxygen atoms in total. The number of hydrogen-bond donors (Lipinski definition) is 0. The molecular formula is C13H24N2O. The van der Waals surface area contributed by atoms with Gasteiger partial charge in [0.05, 0.1) is 6.04 Å². The first-order valence-electron chi connectivity index (χ1n) is 6.82. The fourth-order valence-corrected chi connectivity index (χ4v) is 2.84. The number of hydrogen-bond acceptors (Lipinski definition) is 2. The van der Waals surface area contributed by atoms with Gasteiger partial charge in [-0.05, 0) is 52.1 Å². The van der Waals surface area contributed by atoms with Gasteiger partial charge < -0.3 is 4.90 Å². The van der Waals surface area contributed by atoms with Gasteiger partial charge in [0, 0.05) is 13.1 Å². The van der Waals surface area contributed by atoms with Crippen LogP contribution in [0.1, 0.15) is 45.4 Å². The van der Waals surface area contributed by atoms with E-state index in [-0.39, 0.29) is 6.04 Å². The van der Waals surface area contributed by atoms with E-state index in [4.69, 9.17) is 0 Å². The van der Waals surface area contributed by atoms with Crippen LogP contribution >= 0.6 is 0 Å². The molecule has 0 aromatic carbocycles. The SMILES string of the molecule is CC(C(=O)N1CCCCC1)N1CCCCC1. The minimum atomic E-state index is 0.110. The van der Waals surface area contributed by atoms with Crippen LogP contribution in [0.4, 0.5) is 0 Å². The number of likely N-dealkylation sites (tertiary alicyclic amines) is 2. The van der Waals surface area contributed by atoms with E-state index in [0.717, 1.165) is 26.2 Å². The van der Waals surface area contributed by atoms with Crippen LogP contribution in [0.3, 0.4) is 0 Å². The highest BCUT2D eigenvalue weighted by atomic mass is 16.2. The van der Waals surface area contributed by atoms with Gasteiger partial charge in [0.1, 0.15) is 0 Å². The fraction of sp³-hybridized carbons (Fsp3) is 0.923. The lowest BCUT2D eigenvalue weighted by atomic mass is 10.1. The highest BCUT2D eigenvalue weighted by molar-refractivity contribution is 5.81. The van der Waals surface area contributed by atoms with E-state index < -0.39 is 0 Å². The van der Waals surface area contributed by atoms with Crippen molar-refractivity contribution in [2.24, 2.45) is 0 Å². The molecule has 1 unspecified atom stereocenters. The molecule has 2 rings (SSSR count). The van der Waals surface area contributed by atoms with Gasteiger partial charge in [-0.3, -0.25) is 9.69 Å². The minimum absolute atomic E-state index is 0.110. The molecule has 16 heavy (non-hydrogen) atoms. The summed E-state index contributed by atoms with van der Waals surface area (Å²) < 4.78 is 0. The third kappa shape index (κ3) is 2.76. The van der Waals surface area contributed by atoms with E-state index in [2.05, 4.69) is 16.7 Å². The van der Waals surface area contributed by atoms with Gasteiger partial charge in [-0.2, -0.15) is 0 Å². The first-order chi connectivity index (χ1) is 7.79. The van der Waals surface area contributed by atoms with Gasteiger partial charge >= 0.3 is 0 Å². The molecule has 92 valence electrons. The predicted octanol–water partition coefficient (Wildman–Crippen LogP) is 1.87. The van der Waals surface area contributed by atoms with E-state index >= 15 is 0 Å². The Morgan fingerprint density at radius 3 is 1.94 bits per heavy atom. The topological polar surface area (TPSA) is 23.6 Å². The number of carbonyl (C=O) groups excluding carboxylic acids is 1. The standard InChI is InChI=1S/C13H24N2O/c1-12(14-8-4-2-5-9-14)13(16)15-10-6-3-7-11-15/h12H,2-11H2,1H3. The first kappa shape index (κ1) is 11.9. The van der Waals surface area contributed by atoms with Crippen molar-refractivity contribution < 1.29 is 4.79 Å². The fourth-order valence-electron chi connectivity index (χ4n) is 2.84. The molecule has 0 aliphatic carbocycles. The van der Waals surface area contributed by atoms with Crippen molar-refractivity contribution in [3.05, 3.63) is 0 Å². The highest BCUT2D eigenvalue weighted by Crippen LogP contribution is 2.16. The number of amides is 1. The lowest BCUT2D eigenvalue weighted by molar-refractivity contribution is -0.137. The van der Waals surface area contributed by atoms with Crippen molar-refractivity contribution in [3.63, 3.8) is 0 Å². The molecule has 2 aliphatic heterocycles. The van der Waals surface area contributed by atoms with Crippen molar-refractivity contribution in [2.45, 2.75) is 51.5 Å². The minimum Gasteiger partial charge on any atom is -0.341 e. The van der Waals surface area contributed by atoms with Gasteiger partial charge in [0.25, 0.3) is 0 Å². The molecule has 2 heterocycles. The van der Waals surface area contributed by atoms with E-state index in [1.54, 1.807) is 0 Å². The summed E-state index contributed by atoms with van der Waals surface area (Å²) in [4.78, 5) is 16.7. The molecule has 0 saturated carbocycles. The summed E-state index contributed by atoms with van der Waals surface area (Å²) in [7, 11) is 0. The van der Waals surface area contributed by atoms with E-state index in [1.807, 2.05) is 0 Å². The van der Waals surface area contributed by atoms with Crippen molar-refractivity contribution in [1.82, 2.24) is 9.80 Å². The Labute approximate surface area is 98.8 Å². The molecular weight excluding hydrogens is 200 g/mol. The second-order valence-electron chi connectivity index (χ2n) is 5.16. The smallest absolute Gasteiger partial charge is 0.239 e. The summed E-state index contributed by atoms with van der Waals surface area (Å²) in [5.74, 6) is 0.363. The monoisotopic (exact) mass is 224 g/mol. The largest absolute Gasteiger partial charge is 0.341 e. The molecule has 2 fully saturated rings. The van der Waals surface area contributed by atoms with E-state index in [1.165, 1.54) is 38.5 Å². The average molecular weight is 224 g/mol. The summed E-state index contributed by atoms with van der Waals surface area (Å²) in [5, 5.41) is 0. The molecule has 2 saturated heterocycles. The van der Waals surface area contributed by atoms with Crippen LogP contribution in [0.2, 0.25) is 0 Å². The zero-order valence-corrected chi connectivity index (χ0v) is 10.5. The van der Waals surface area contributed by atoms with Crippen LogP contribution in [0, 0.1) is 0 Å². The second kappa shape index (κ2) is 5.67. The Morgan fingerprint density at radius 1 is 0.875 bits per heavy atom. The van der Waals surface area contributed by atoms with Crippen molar-refractivity contribution in [1.29, 1.82) is 0 Å². The van der Waals surface area contributed by atoms with Gasteiger partial charge in [-0.25, -0.2) is 0 Å². The Morgan fingerprint density at radius 2 is 1.38 bits per heavy atom. The third-order valence-corrected chi connectivity index (χ3v) is 3.96. The molecule has 1 atom stereocenters. The highest BCUT2D eigenvalue weighted by Gasteiger charge is 2.27. The normalized spacial score (nSPS) is 25.4. The summed E-state index contributed by atoms with van der Waals surface area (Å²) in [6, 6.07) is 0.110. The zero-order chi connectivity index (χ0) is 11.4. The van der Waals surface area contributed by atoms with Crippen molar-refractivity contribution >= 4 is 5.91 Å². The predicted molar refractivity (Wildman–Crippen MR) is 65.3 cm³/mol. The van der Waals surface area contributed by atoms with Crippen LogP contribution < -0.4 is 0 Å². The zero-order valence-electron chi connectivity index (χ0n) is 10.5. The summed E-state index contributed by atoms with van der Waals surface area (Å²) in [6.07, 6.45) is 7.54. The summed E-state index contributed by atoms with van der Waals surface area (Å²) >= 11 is 0.